The van der Waals surface area contributed by atoms with Crippen LogP contribution in [0.4, 0.5) is 17.1 Å². The molecule has 0 heterocycles. The smallest absolute Gasteiger partial charge is 0.314 e. The van der Waals surface area contributed by atoms with Gasteiger partial charge >= 0.3 is 17.9 Å². The van der Waals surface area contributed by atoms with Crippen molar-refractivity contribution in [1.82, 2.24) is 0 Å². The van der Waals surface area contributed by atoms with E-state index in [0.29, 0.717) is 28.6 Å². The Hall–Kier alpha value is -6.30. The molecule has 3 fully saturated rings. The lowest BCUT2D eigenvalue weighted by Crippen LogP contribution is -2.22. The number of nitrogens with one attached hydrogen (secondary N) is 3. The Labute approximate surface area is 349 Å². The van der Waals surface area contributed by atoms with E-state index in [2.05, 4.69) is 16.0 Å². The Morgan fingerprint density at radius 2 is 0.650 bits per heavy atom. The Balaban J connectivity index is 1.04. The third kappa shape index (κ3) is 11.5. The topological polar surface area (TPSA) is 166 Å². The molecule has 3 aliphatic rings. The quantitative estimate of drug-likeness (QED) is 0.0932. The highest BCUT2D eigenvalue weighted by Gasteiger charge is 2.26. The van der Waals surface area contributed by atoms with Gasteiger partial charge in [0.2, 0.25) is 0 Å². The van der Waals surface area contributed by atoms with E-state index in [1.54, 1.807) is 60.7 Å². The maximum Gasteiger partial charge on any atom is 0.314 e. The van der Waals surface area contributed by atoms with Gasteiger partial charge in [-0.05, 0) is 130 Å². The molecular formula is C48H51N3O9. The highest BCUT2D eigenvalue weighted by molar-refractivity contribution is 6.11. The summed E-state index contributed by atoms with van der Waals surface area (Å²) in [6, 6.07) is 23.4. The van der Waals surface area contributed by atoms with E-state index in [4.69, 9.17) is 14.2 Å². The summed E-state index contributed by atoms with van der Waals surface area (Å²) in [7, 11) is 0. The van der Waals surface area contributed by atoms with E-state index in [9.17, 15) is 28.8 Å². The molecule has 3 N–H and O–H groups in total. The van der Waals surface area contributed by atoms with Crippen LogP contribution in [0.2, 0.25) is 0 Å². The van der Waals surface area contributed by atoms with Gasteiger partial charge < -0.3 is 30.2 Å². The number of hydrogen-bond acceptors (Lipinski definition) is 9. The summed E-state index contributed by atoms with van der Waals surface area (Å²) >= 11 is 0. The van der Waals surface area contributed by atoms with Gasteiger partial charge in [-0.15, -0.1) is 0 Å². The number of hydrogen-bond donors (Lipinski definition) is 3. The largest absolute Gasteiger partial charge is 0.426 e. The van der Waals surface area contributed by atoms with Gasteiger partial charge in [-0.1, -0.05) is 57.8 Å². The van der Waals surface area contributed by atoms with Crippen LogP contribution in [0.5, 0.6) is 17.2 Å². The van der Waals surface area contributed by atoms with Crippen molar-refractivity contribution in [1.29, 1.82) is 0 Å². The minimum atomic E-state index is -0.555. The van der Waals surface area contributed by atoms with Crippen molar-refractivity contribution in [2.45, 2.75) is 96.3 Å². The second-order valence-corrected chi connectivity index (χ2v) is 16.0. The molecule has 60 heavy (non-hydrogen) atoms. The number of benzene rings is 4. The zero-order valence-electron chi connectivity index (χ0n) is 33.7. The summed E-state index contributed by atoms with van der Waals surface area (Å²) in [5.41, 5.74) is 1.46. The molecule has 7 rings (SSSR count). The number of carbonyl (C=O) groups is 6. The molecule has 4 aromatic rings. The first-order chi connectivity index (χ1) is 29.2. The zero-order valence-corrected chi connectivity index (χ0v) is 33.7. The monoisotopic (exact) mass is 813 g/mol. The van der Waals surface area contributed by atoms with E-state index in [0.717, 1.165) is 96.3 Å². The third-order valence-corrected chi connectivity index (χ3v) is 11.5. The van der Waals surface area contributed by atoms with Gasteiger partial charge in [0.25, 0.3) is 17.7 Å². The predicted octanol–water partition coefficient (Wildman–Crippen LogP) is 9.90. The Bertz CT molecular complexity index is 2060. The fourth-order valence-electron chi connectivity index (χ4n) is 8.07. The van der Waals surface area contributed by atoms with Crippen LogP contribution in [-0.2, 0) is 14.4 Å². The summed E-state index contributed by atoms with van der Waals surface area (Å²) in [4.78, 5) is 78.8. The minimum absolute atomic E-state index is 0.0840. The number of amides is 3. The predicted molar refractivity (Wildman–Crippen MR) is 226 cm³/mol. The molecule has 3 amide bonds. The van der Waals surface area contributed by atoms with Gasteiger partial charge in [0, 0.05) is 33.8 Å². The molecule has 4 aromatic carbocycles. The van der Waals surface area contributed by atoms with Crippen molar-refractivity contribution in [3.8, 4) is 17.2 Å². The highest BCUT2D eigenvalue weighted by atomic mass is 16.5. The first-order valence-corrected chi connectivity index (χ1v) is 21.2. The van der Waals surface area contributed by atoms with E-state index >= 15 is 0 Å². The van der Waals surface area contributed by atoms with Crippen LogP contribution in [0.3, 0.4) is 0 Å². The number of ether oxygens (including phenoxy) is 3. The Morgan fingerprint density at radius 1 is 0.350 bits per heavy atom. The molecule has 312 valence electrons. The SMILES string of the molecule is O=C(Nc1cc(C(=O)Nc2ccc(OC(=O)C3CCCCC3)cc2)cc(C(=O)Nc2ccc(OC(=O)C3CCCCC3)cc2)c1)c1ccc(OC(=O)C2CCCCC2)cc1. The molecule has 0 aliphatic heterocycles. The van der Waals surface area contributed by atoms with Gasteiger partial charge in [-0.2, -0.15) is 0 Å². The van der Waals surface area contributed by atoms with Gasteiger partial charge in [0.1, 0.15) is 17.2 Å². The molecule has 3 aliphatic carbocycles. The van der Waals surface area contributed by atoms with Crippen molar-refractivity contribution >= 4 is 52.7 Å². The first kappa shape index (κ1) is 41.8. The van der Waals surface area contributed by atoms with Crippen LogP contribution in [0.15, 0.2) is 91.0 Å². The lowest BCUT2D eigenvalue weighted by Gasteiger charge is -2.19. The van der Waals surface area contributed by atoms with E-state index in [1.807, 2.05) is 0 Å². The molecule has 3 saturated carbocycles. The van der Waals surface area contributed by atoms with Crippen LogP contribution in [0.25, 0.3) is 0 Å². The molecule has 12 nitrogen and oxygen atoms in total. The summed E-state index contributed by atoms with van der Waals surface area (Å²) < 4.78 is 16.8. The van der Waals surface area contributed by atoms with Crippen molar-refractivity contribution in [3.05, 3.63) is 108 Å². The Morgan fingerprint density at radius 3 is 1.00 bits per heavy atom. The van der Waals surface area contributed by atoms with Crippen molar-refractivity contribution < 1.29 is 43.0 Å². The first-order valence-electron chi connectivity index (χ1n) is 21.2. The Kier molecular flexibility index (Phi) is 14.0. The normalized spacial score (nSPS) is 16.2. The number of carbonyl (C=O) groups excluding carboxylic acids is 6. The van der Waals surface area contributed by atoms with Crippen LogP contribution in [0, 0.1) is 17.8 Å². The van der Waals surface area contributed by atoms with E-state index in [1.165, 1.54) is 30.3 Å². The number of rotatable bonds is 12. The van der Waals surface area contributed by atoms with Gasteiger partial charge in [0.05, 0.1) is 17.8 Å². The van der Waals surface area contributed by atoms with Gasteiger partial charge in [-0.3, -0.25) is 28.8 Å². The van der Waals surface area contributed by atoms with Gasteiger partial charge in [0.15, 0.2) is 0 Å². The molecule has 0 atom stereocenters. The average molecular weight is 814 g/mol. The maximum absolute atomic E-state index is 13.7. The van der Waals surface area contributed by atoms with Crippen LogP contribution >= 0.6 is 0 Å². The standard InChI is InChI=1S/C48H51N3O9/c52-43(31-16-22-40(23-17-31)58-46(55)32-10-4-1-5-11-32)51-39-29-35(44(53)49-37-18-24-41(25-19-37)59-47(56)33-12-6-2-7-13-33)28-36(30-39)45(54)50-38-20-26-42(27-21-38)60-48(57)34-14-8-3-9-15-34/h16-30,32-34H,1-15H2,(H,49,53)(H,50,54)(H,51,52). The van der Waals surface area contributed by atoms with E-state index < -0.39 is 17.7 Å². The molecule has 0 spiro atoms. The van der Waals surface area contributed by atoms with Crippen LogP contribution in [-0.4, -0.2) is 35.6 Å². The van der Waals surface area contributed by atoms with Crippen LogP contribution < -0.4 is 30.2 Å². The minimum Gasteiger partial charge on any atom is -0.426 e. The zero-order chi connectivity index (χ0) is 41.8. The molecule has 0 aromatic heterocycles. The number of anilines is 3. The molecule has 12 heteroatoms. The lowest BCUT2D eigenvalue weighted by atomic mass is 9.89. The average Bonchev–Trinajstić information content (AvgIpc) is 3.28. The molecule has 0 unspecified atom stereocenters. The molecular weight excluding hydrogens is 763 g/mol. The van der Waals surface area contributed by atoms with Gasteiger partial charge in [-0.25, -0.2) is 0 Å². The molecule has 0 bridgehead atoms. The fourth-order valence-corrected chi connectivity index (χ4v) is 8.07. The molecule has 0 radical (unpaired) electrons. The molecule has 0 saturated heterocycles. The third-order valence-electron chi connectivity index (χ3n) is 11.5. The summed E-state index contributed by atoms with van der Waals surface area (Å²) in [5, 5.41) is 8.42. The van der Waals surface area contributed by atoms with Crippen molar-refractivity contribution in [3.63, 3.8) is 0 Å². The van der Waals surface area contributed by atoms with Crippen molar-refractivity contribution in [2.75, 3.05) is 16.0 Å². The summed E-state index contributed by atoms with van der Waals surface area (Å²) in [6.07, 6.45) is 14.3. The second kappa shape index (κ2) is 20.1. The van der Waals surface area contributed by atoms with Crippen LogP contribution in [0.1, 0.15) is 127 Å². The number of esters is 3. The summed E-state index contributed by atoms with van der Waals surface area (Å²) in [6.45, 7) is 0. The fraction of sp³-hybridized carbons (Fsp3) is 0.375. The maximum atomic E-state index is 13.7. The highest BCUT2D eigenvalue weighted by Crippen LogP contribution is 2.29. The summed E-state index contributed by atoms with van der Waals surface area (Å²) in [5.74, 6) is -1.65. The lowest BCUT2D eigenvalue weighted by molar-refractivity contribution is -0.140. The van der Waals surface area contributed by atoms with E-state index in [-0.39, 0.29) is 58.0 Å². The van der Waals surface area contributed by atoms with Crippen molar-refractivity contribution in [2.24, 2.45) is 17.8 Å². The second-order valence-electron chi connectivity index (χ2n) is 16.0.